The number of rotatable bonds is 11. The largest absolute Gasteiger partial charge is 0.490 e. The van der Waals surface area contributed by atoms with Gasteiger partial charge in [-0.15, -0.1) is 0 Å². The molecule has 2 aliphatic rings. The SMILES string of the molecule is CN1CCOc2cc(C=Cc3cc[n+](CCSSCC[n+]4ccc(C=Cc5ccc6c(c5)OCCN6C)cc4)cc3)ccc21. The third kappa shape index (κ3) is 7.98. The molecule has 0 N–H and O–H groups in total. The van der Waals surface area contributed by atoms with Crippen LogP contribution < -0.4 is 28.4 Å². The van der Waals surface area contributed by atoms with Crippen molar-refractivity contribution < 1.29 is 18.6 Å². The zero-order chi connectivity index (χ0) is 30.1. The molecular formula is C36H40N4O2S2+2. The summed E-state index contributed by atoms with van der Waals surface area (Å²) in [4.78, 5) is 4.48. The van der Waals surface area contributed by atoms with Crippen LogP contribution in [0, 0.1) is 0 Å². The number of aromatic nitrogens is 2. The van der Waals surface area contributed by atoms with Crippen molar-refractivity contribution in [3.63, 3.8) is 0 Å². The molecule has 6 nitrogen and oxygen atoms in total. The van der Waals surface area contributed by atoms with Crippen molar-refractivity contribution in [1.29, 1.82) is 0 Å². The van der Waals surface area contributed by atoms with Crippen molar-refractivity contribution >= 4 is 57.3 Å². The van der Waals surface area contributed by atoms with Gasteiger partial charge in [0.15, 0.2) is 37.9 Å². The van der Waals surface area contributed by atoms with Crippen LogP contribution in [0.2, 0.25) is 0 Å². The molecule has 0 bridgehead atoms. The summed E-state index contributed by atoms with van der Waals surface area (Å²) in [6, 6.07) is 21.5. The van der Waals surface area contributed by atoms with E-state index >= 15 is 0 Å². The zero-order valence-electron chi connectivity index (χ0n) is 25.5. The summed E-state index contributed by atoms with van der Waals surface area (Å²) in [5, 5.41) is 0. The molecule has 0 spiro atoms. The smallest absolute Gasteiger partial charge is 0.169 e. The summed E-state index contributed by atoms with van der Waals surface area (Å²) in [6.45, 7) is 5.34. The second-order valence-electron chi connectivity index (χ2n) is 11.0. The van der Waals surface area contributed by atoms with Gasteiger partial charge in [0.05, 0.1) is 36.0 Å². The van der Waals surface area contributed by atoms with Gasteiger partial charge in [-0.2, -0.15) is 0 Å². The molecular weight excluding hydrogens is 585 g/mol. The zero-order valence-corrected chi connectivity index (χ0v) is 27.1. The molecule has 44 heavy (non-hydrogen) atoms. The van der Waals surface area contributed by atoms with E-state index in [0.29, 0.717) is 0 Å². The van der Waals surface area contributed by atoms with E-state index in [1.807, 2.05) is 21.6 Å². The monoisotopic (exact) mass is 624 g/mol. The van der Waals surface area contributed by atoms with Gasteiger partial charge in [-0.1, -0.05) is 58.0 Å². The minimum Gasteiger partial charge on any atom is -0.490 e. The molecule has 0 amide bonds. The van der Waals surface area contributed by atoms with E-state index in [-0.39, 0.29) is 0 Å². The number of anilines is 2. The van der Waals surface area contributed by atoms with Crippen LogP contribution >= 0.6 is 21.6 Å². The number of hydrogen-bond donors (Lipinski definition) is 0. The first kappa shape index (κ1) is 30.2. The highest BCUT2D eigenvalue weighted by Crippen LogP contribution is 2.33. The number of nitrogens with zero attached hydrogens (tertiary/aromatic N) is 4. The molecule has 0 radical (unpaired) electrons. The Bertz CT molecular complexity index is 1480. The van der Waals surface area contributed by atoms with Gasteiger partial charge in [0.1, 0.15) is 24.7 Å². The summed E-state index contributed by atoms with van der Waals surface area (Å²) < 4.78 is 16.2. The Hall–Kier alpha value is -3.88. The molecule has 2 aliphatic heterocycles. The molecule has 0 aliphatic carbocycles. The van der Waals surface area contributed by atoms with Gasteiger partial charge < -0.3 is 19.3 Å². The standard InChI is InChI=1S/C36H40N4O2S2/c1-37-19-23-41-35-27-31(7-9-33(35)37)5-3-29-11-15-39(16-12-29)21-25-43-44-26-22-40-17-13-30(14-18-40)4-6-32-8-10-34-36(28-32)42-24-20-38(34)2/h3-18,27-28H,19-26H2,1-2H3/q+2. The minimum absolute atomic E-state index is 0.740. The third-order valence-corrected chi connectivity index (χ3v) is 10.2. The van der Waals surface area contributed by atoms with Gasteiger partial charge in [0.2, 0.25) is 0 Å². The third-order valence-electron chi connectivity index (χ3n) is 7.88. The van der Waals surface area contributed by atoms with Crippen LogP contribution in [0.4, 0.5) is 11.4 Å². The maximum absolute atomic E-state index is 5.84. The average Bonchev–Trinajstić information content (AvgIpc) is 3.05. The molecule has 0 saturated heterocycles. The predicted octanol–water partition coefficient (Wildman–Crippen LogP) is 6.34. The average molecular weight is 625 g/mol. The van der Waals surface area contributed by atoms with Gasteiger partial charge in [0, 0.05) is 38.4 Å². The Morgan fingerprint density at radius 1 is 0.591 bits per heavy atom. The molecule has 0 unspecified atom stereocenters. The van der Waals surface area contributed by atoms with E-state index in [9.17, 15) is 0 Å². The molecule has 6 rings (SSSR count). The van der Waals surface area contributed by atoms with E-state index in [1.54, 1.807) is 0 Å². The van der Waals surface area contributed by atoms with E-state index in [2.05, 4.69) is 143 Å². The summed E-state index contributed by atoms with van der Waals surface area (Å²) in [7, 11) is 8.09. The van der Waals surface area contributed by atoms with Gasteiger partial charge in [-0.25, -0.2) is 9.13 Å². The van der Waals surface area contributed by atoms with Crippen LogP contribution in [-0.4, -0.2) is 51.9 Å². The van der Waals surface area contributed by atoms with Crippen molar-refractivity contribution in [2.24, 2.45) is 0 Å². The quantitative estimate of drug-likeness (QED) is 0.110. The summed E-state index contributed by atoms with van der Waals surface area (Å²) >= 11 is 0. The van der Waals surface area contributed by atoms with Crippen LogP contribution in [0.5, 0.6) is 11.5 Å². The number of fused-ring (bicyclic) bond motifs is 2. The first-order valence-electron chi connectivity index (χ1n) is 15.2. The van der Waals surface area contributed by atoms with Crippen LogP contribution in [0.3, 0.4) is 0 Å². The Morgan fingerprint density at radius 3 is 1.43 bits per heavy atom. The van der Waals surface area contributed by atoms with Crippen LogP contribution in [0.15, 0.2) is 85.5 Å². The normalized spacial score (nSPS) is 14.4. The van der Waals surface area contributed by atoms with Gasteiger partial charge >= 0.3 is 0 Å². The number of benzene rings is 2. The molecule has 2 aromatic carbocycles. The van der Waals surface area contributed by atoms with Crippen molar-refractivity contribution in [1.82, 2.24) is 0 Å². The van der Waals surface area contributed by atoms with Gasteiger partial charge in [0.25, 0.3) is 0 Å². The Balaban J connectivity index is 0.887. The fraction of sp³-hybridized carbons (Fsp3) is 0.278. The fourth-order valence-electron chi connectivity index (χ4n) is 5.20. The van der Waals surface area contributed by atoms with Crippen LogP contribution in [-0.2, 0) is 13.1 Å². The van der Waals surface area contributed by atoms with Gasteiger partial charge in [-0.05, 0) is 46.5 Å². The Kier molecular flexibility index (Phi) is 10.1. The van der Waals surface area contributed by atoms with E-state index in [1.165, 1.54) is 11.1 Å². The van der Waals surface area contributed by atoms with E-state index in [4.69, 9.17) is 9.47 Å². The highest BCUT2D eigenvalue weighted by Gasteiger charge is 2.15. The minimum atomic E-state index is 0.740. The van der Waals surface area contributed by atoms with Crippen molar-refractivity contribution in [2.75, 3.05) is 61.7 Å². The lowest BCUT2D eigenvalue weighted by molar-refractivity contribution is -0.692. The van der Waals surface area contributed by atoms with Gasteiger partial charge in [-0.3, -0.25) is 0 Å². The molecule has 8 heteroatoms. The lowest BCUT2D eigenvalue weighted by Gasteiger charge is -2.27. The lowest BCUT2D eigenvalue weighted by Crippen LogP contribution is -2.34. The highest BCUT2D eigenvalue weighted by molar-refractivity contribution is 8.76. The van der Waals surface area contributed by atoms with Crippen molar-refractivity contribution in [3.8, 4) is 11.5 Å². The lowest BCUT2D eigenvalue weighted by atomic mass is 10.1. The Morgan fingerprint density at radius 2 is 1.00 bits per heavy atom. The maximum Gasteiger partial charge on any atom is 0.169 e. The maximum atomic E-state index is 5.84. The topological polar surface area (TPSA) is 32.7 Å². The van der Waals surface area contributed by atoms with Crippen LogP contribution in [0.1, 0.15) is 22.3 Å². The first-order valence-corrected chi connectivity index (χ1v) is 17.6. The second-order valence-corrected chi connectivity index (χ2v) is 13.7. The second kappa shape index (κ2) is 14.7. The van der Waals surface area contributed by atoms with Crippen molar-refractivity contribution in [2.45, 2.75) is 13.1 Å². The van der Waals surface area contributed by atoms with Crippen molar-refractivity contribution in [3.05, 3.63) is 108 Å². The Labute approximate surface area is 269 Å². The summed E-state index contributed by atoms with van der Waals surface area (Å²) in [5.74, 6) is 4.08. The summed E-state index contributed by atoms with van der Waals surface area (Å²) in [6.07, 6.45) is 17.3. The molecule has 0 atom stereocenters. The molecule has 4 aromatic rings. The number of ether oxygens (including phenoxy) is 2. The first-order chi connectivity index (χ1) is 21.6. The molecule has 226 valence electrons. The fourth-order valence-corrected chi connectivity index (χ4v) is 7.16. The number of hydrogen-bond acceptors (Lipinski definition) is 6. The molecule has 4 heterocycles. The predicted molar refractivity (Wildman–Crippen MR) is 186 cm³/mol. The number of likely N-dealkylation sites (N-methyl/N-ethyl adjacent to an activating group) is 2. The molecule has 2 aromatic heterocycles. The van der Waals surface area contributed by atoms with E-state index < -0.39 is 0 Å². The molecule has 0 saturated carbocycles. The van der Waals surface area contributed by atoms with Crippen LogP contribution in [0.25, 0.3) is 24.3 Å². The summed E-state index contributed by atoms with van der Waals surface area (Å²) in [5.41, 5.74) is 7.01. The number of pyridine rings is 2. The van der Waals surface area contributed by atoms with E-state index in [0.717, 1.165) is 84.9 Å². The highest BCUT2D eigenvalue weighted by atomic mass is 33.1. The number of aryl methyl sites for hydroxylation is 2. The molecule has 0 fully saturated rings.